The van der Waals surface area contributed by atoms with Crippen LogP contribution in [0.3, 0.4) is 0 Å². The second kappa shape index (κ2) is 9.84. The van der Waals surface area contributed by atoms with E-state index in [0.717, 1.165) is 11.3 Å². The molecule has 1 unspecified atom stereocenters. The molecule has 0 spiro atoms. The molecule has 0 bridgehead atoms. The fourth-order valence-electron chi connectivity index (χ4n) is 3.56. The summed E-state index contributed by atoms with van der Waals surface area (Å²) < 4.78 is 12.2. The molecular weight excluding hydrogens is 464 g/mol. The van der Waals surface area contributed by atoms with Crippen LogP contribution in [0, 0.1) is 0 Å². The number of nitrogens with one attached hydrogen (secondary N) is 2. The molecule has 3 aromatic rings. The van der Waals surface area contributed by atoms with E-state index in [0.29, 0.717) is 32.4 Å². The number of amides is 2. The average Bonchev–Trinajstić information content (AvgIpc) is 3.44. The molecule has 0 aliphatic carbocycles. The van der Waals surface area contributed by atoms with Gasteiger partial charge in [-0.1, -0.05) is 18.7 Å². The molecule has 11 heteroatoms. The third kappa shape index (κ3) is 4.83. The highest BCUT2D eigenvalue weighted by Crippen LogP contribution is 2.27. The number of hydrogen-bond acceptors (Lipinski definition) is 8. The number of rotatable bonds is 8. The molecule has 174 valence electrons. The van der Waals surface area contributed by atoms with E-state index in [4.69, 9.17) is 14.1 Å². The largest absolute Gasteiger partial charge is 0.467 e. The van der Waals surface area contributed by atoms with Crippen molar-refractivity contribution in [3.63, 3.8) is 0 Å². The minimum Gasteiger partial charge on any atom is -0.467 e. The maximum Gasteiger partial charge on any atom is 0.337 e. The number of carbonyl (C=O) groups excluding carboxylic acids is 2. The first-order chi connectivity index (χ1) is 15.9. The van der Waals surface area contributed by atoms with E-state index < -0.39 is 18.0 Å². The van der Waals surface area contributed by atoms with Gasteiger partial charge in [-0.25, -0.2) is 14.6 Å². The number of hydrogen-bond donors (Lipinski definition) is 2. The van der Waals surface area contributed by atoms with Crippen LogP contribution in [0.15, 0.2) is 50.1 Å². The first-order valence-corrected chi connectivity index (χ1v) is 12.4. The lowest BCUT2D eigenvalue weighted by atomic mass is 10.1. The normalized spacial score (nSPS) is 16.1. The Morgan fingerprint density at radius 1 is 1.36 bits per heavy atom. The Balaban J connectivity index is 1.73. The summed E-state index contributed by atoms with van der Waals surface area (Å²) in [4.78, 5) is 44.4. The first kappa shape index (κ1) is 23.1. The minimum absolute atomic E-state index is 0.155. The van der Waals surface area contributed by atoms with Gasteiger partial charge >= 0.3 is 12.0 Å². The number of fused-ring (bicyclic) bond motifs is 1. The summed E-state index contributed by atoms with van der Waals surface area (Å²) >= 11 is 2.76. The number of thioether (sulfide) groups is 1. The molecule has 33 heavy (non-hydrogen) atoms. The van der Waals surface area contributed by atoms with Gasteiger partial charge in [0.25, 0.3) is 5.56 Å². The molecule has 3 aromatic heterocycles. The summed E-state index contributed by atoms with van der Waals surface area (Å²) in [6, 6.07) is 4.55. The van der Waals surface area contributed by atoms with E-state index in [1.807, 2.05) is 13.0 Å². The van der Waals surface area contributed by atoms with E-state index >= 15 is 0 Å². The van der Waals surface area contributed by atoms with Gasteiger partial charge in [-0.05, 0) is 38.5 Å². The third-order valence-corrected chi connectivity index (χ3v) is 7.30. The third-order valence-electron chi connectivity index (χ3n) is 5.12. The number of urea groups is 1. The molecule has 0 radical (unpaired) electrons. The molecular formula is C22H24N4O5S2. The molecule has 0 saturated heterocycles. The molecule has 1 atom stereocenters. The summed E-state index contributed by atoms with van der Waals surface area (Å²) in [5, 5.41) is 6.44. The van der Waals surface area contributed by atoms with E-state index in [1.165, 1.54) is 23.1 Å². The topological polar surface area (TPSA) is 115 Å². The van der Waals surface area contributed by atoms with E-state index in [9.17, 15) is 14.4 Å². The molecule has 4 heterocycles. The zero-order valence-corrected chi connectivity index (χ0v) is 20.1. The smallest absolute Gasteiger partial charge is 0.337 e. The van der Waals surface area contributed by atoms with Gasteiger partial charge in [-0.3, -0.25) is 9.36 Å². The lowest BCUT2D eigenvalue weighted by Gasteiger charge is -2.26. The van der Waals surface area contributed by atoms with Crippen LogP contribution in [0.1, 0.15) is 31.4 Å². The standard InChI is InChI=1S/C22H24N4O5S2/c1-4-14-9-15-18(33-14)25-22(26(19(15)27)10-13-7-6-8-31-13)32-11-16-17(20(28)30-5-2)12(3)23-21(29)24-16/h6-9,12H,4-5,10-11H2,1-3H3,(H2,23,24,29). The summed E-state index contributed by atoms with van der Waals surface area (Å²) in [5.41, 5.74) is 0.639. The predicted octanol–water partition coefficient (Wildman–Crippen LogP) is 3.27. The van der Waals surface area contributed by atoms with Crippen molar-refractivity contribution in [3.8, 4) is 0 Å². The first-order valence-electron chi connectivity index (χ1n) is 10.6. The quantitative estimate of drug-likeness (QED) is 0.284. The second-order valence-electron chi connectivity index (χ2n) is 7.37. The van der Waals surface area contributed by atoms with Gasteiger partial charge in [0.05, 0.1) is 36.4 Å². The Morgan fingerprint density at radius 2 is 2.18 bits per heavy atom. The van der Waals surface area contributed by atoms with Crippen molar-refractivity contribution < 1.29 is 18.7 Å². The Labute approximate surface area is 198 Å². The van der Waals surface area contributed by atoms with E-state index in [1.54, 1.807) is 36.8 Å². The van der Waals surface area contributed by atoms with Gasteiger partial charge in [0.1, 0.15) is 10.6 Å². The number of ether oxygens (including phenoxy) is 1. The van der Waals surface area contributed by atoms with Gasteiger partial charge in [0.2, 0.25) is 0 Å². The van der Waals surface area contributed by atoms with Crippen LogP contribution in [0.5, 0.6) is 0 Å². The summed E-state index contributed by atoms with van der Waals surface area (Å²) in [6.07, 6.45) is 2.37. The van der Waals surface area contributed by atoms with Crippen molar-refractivity contribution >= 4 is 45.3 Å². The minimum atomic E-state index is -0.501. The van der Waals surface area contributed by atoms with Crippen molar-refractivity contribution in [2.75, 3.05) is 12.4 Å². The van der Waals surface area contributed by atoms with Crippen molar-refractivity contribution in [3.05, 3.63) is 56.7 Å². The van der Waals surface area contributed by atoms with Gasteiger partial charge in [-0.2, -0.15) is 0 Å². The molecule has 2 N–H and O–H groups in total. The molecule has 9 nitrogen and oxygen atoms in total. The van der Waals surface area contributed by atoms with Gasteiger partial charge < -0.3 is 19.8 Å². The van der Waals surface area contributed by atoms with Gasteiger partial charge in [0, 0.05) is 16.3 Å². The fraction of sp³-hybridized carbons (Fsp3) is 0.364. The number of nitrogens with zero attached hydrogens (tertiary/aromatic N) is 2. The number of esters is 1. The Morgan fingerprint density at radius 3 is 2.88 bits per heavy atom. The molecule has 1 aliphatic rings. The number of thiophene rings is 1. The zero-order chi connectivity index (χ0) is 23.5. The average molecular weight is 489 g/mol. The van der Waals surface area contributed by atoms with Crippen molar-refractivity contribution in [2.45, 2.75) is 44.9 Å². The monoisotopic (exact) mass is 488 g/mol. The Bertz CT molecular complexity index is 1280. The van der Waals surface area contributed by atoms with Gasteiger partial charge in [0.15, 0.2) is 5.16 Å². The van der Waals surface area contributed by atoms with Crippen LogP contribution < -0.4 is 16.2 Å². The van der Waals surface area contributed by atoms with Crippen LogP contribution in [0.25, 0.3) is 10.2 Å². The maximum absolute atomic E-state index is 13.3. The highest BCUT2D eigenvalue weighted by atomic mass is 32.2. The molecule has 4 rings (SSSR count). The zero-order valence-electron chi connectivity index (χ0n) is 18.5. The number of furan rings is 1. The Hall–Kier alpha value is -3.05. The van der Waals surface area contributed by atoms with Crippen molar-refractivity contribution in [1.82, 2.24) is 20.2 Å². The van der Waals surface area contributed by atoms with Crippen LogP contribution >= 0.6 is 23.1 Å². The molecule has 2 amide bonds. The highest BCUT2D eigenvalue weighted by Gasteiger charge is 2.30. The molecule has 1 aliphatic heterocycles. The van der Waals surface area contributed by atoms with Gasteiger partial charge in [-0.15, -0.1) is 11.3 Å². The predicted molar refractivity (Wildman–Crippen MR) is 127 cm³/mol. The number of aromatic nitrogens is 2. The SMILES string of the molecule is CCOC(=O)C1=C(CSc2nc3sc(CC)cc3c(=O)n2Cc2ccco2)NC(=O)NC1C. The van der Waals surface area contributed by atoms with Crippen LogP contribution in [0.4, 0.5) is 4.79 Å². The van der Waals surface area contributed by atoms with Crippen LogP contribution in [0.2, 0.25) is 0 Å². The maximum atomic E-state index is 13.3. The fourth-order valence-corrected chi connectivity index (χ4v) is 5.54. The van der Waals surface area contributed by atoms with Crippen molar-refractivity contribution in [2.24, 2.45) is 0 Å². The van der Waals surface area contributed by atoms with Crippen LogP contribution in [-0.2, 0) is 22.5 Å². The summed E-state index contributed by atoms with van der Waals surface area (Å²) in [7, 11) is 0. The lowest BCUT2D eigenvalue weighted by molar-refractivity contribution is -0.138. The molecule has 0 saturated carbocycles. The molecule has 0 fully saturated rings. The lowest BCUT2D eigenvalue weighted by Crippen LogP contribution is -2.49. The molecule has 0 aromatic carbocycles. The summed E-state index contributed by atoms with van der Waals surface area (Å²) in [5.74, 6) is 0.366. The second-order valence-corrected chi connectivity index (χ2v) is 9.43. The van der Waals surface area contributed by atoms with E-state index in [-0.39, 0.29) is 24.5 Å². The Kier molecular flexibility index (Phi) is 6.89. The van der Waals surface area contributed by atoms with E-state index in [2.05, 4.69) is 10.6 Å². The number of aryl methyl sites for hydroxylation is 1. The van der Waals surface area contributed by atoms with Crippen molar-refractivity contribution in [1.29, 1.82) is 0 Å². The highest BCUT2D eigenvalue weighted by molar-refractivity contribution is 7.99. The van der Waals surface area contributed by atoms with Crippen LogP contribution in [-0.4, -0.2) is 40.0 Å². The number of carbonyl (C=O) groups is 2. The summed E-state index contributed by atoms with van der Waals surface area (Å²) in [6.45, 7) is 5.94.